The smallest absolute Gasteiger partial charge is 0.225 e. The Balaban J connectivity index is 1.96. The Morgan fingerprint density at radius 2 is 2.20 bits per heavy atom. The monoisotopic (exact) mass is 295 g/mol. The van der Waals surface area contributed by atoms with E-state index in [0.29, 0.717) is 5.95 Å². The molecule has 0 fully saturated rings. The molecule has 6 nitrogen and oxygen atoms in total. The maximum Gasteiger partial charge on any atom is 0.225 e. The Morgan fingerprint density at radius 1 is 1.35 bits per heavy atom. The van der Waals surface area contributed by atoms with Gasteiger partial charge in [0.2, 0.25) is 5.95 Å². The third kappa shape index (κ3) is 3.78. The van der Waals surface area contributed by atoms with Gasteiger partial charge in [-0.1, -0.05) is 0 Å². The van der Waals surface area contributed by atoms with Crippen molar-refractivity contribution < 1.29 is 4.74 Å². The van der Waals surface area contributed by atoms with E-state index < -0.39 is 0 Å². The molecular weight excluding hydrogens is 274 g/mol. The van der Waals surface area contributed by atoms with Crippen LogP contribution in [0, 0.1) is 0 Å². The van der Waals surface area contributed by atoms with Gasteiger partial charge in [0.25, 0.3) is 0 Å². The summed E-state index contributed by atoms with van der Waals surface area (Å²) in [6, 6.07) is 2.05. The summed E-state index contributed by atoms with van der Waals surface area (Å²) in [5, 5.41) is 9.50. The fraction of sp³-hybridized carbons (Fsp3) is 0.538. The molecule has 0 aliphatic rings. The van der Waals surface area contributed by atoms with E-state index in [2.05, 4.69) is 38.6 Å². The molecule has 7 heteroatoms. The SMILES string of the molecule is CNc1nc(NCCN(C)CCOC)c2ccsc2n1. The van der Waals surface area contributed by atoms with Gasteiger partial charge in [-0.2, -0.15) is 4.98 Å². The predicted molar refractivity (Wildman–Crippen MR) is 84.8 cm³/mol. The van der Waals surface area contributed by atoms with Crippen molar-refractivity contribution in [3.63, 3.8) is 0 Å². The molecule has 2 N–H and O–H groups in total. The normalized spacial score (nSPS) is 11.2. The van der Waals surface area contributed by atoms with Crippen molar-refractivity contribution >= 4 is 33.3 Å². The molecule has 2 rings (SSSR count). The van der Waals surface area contributed by atoms with Crippen LogP contribution in [0.15, 0.2) is 11.4 Å². The van der Waals surface area contributed by atoms with Crippen LogP contribution in [0.25, 0.3) is 10.2 Å². The van der Waals surface area contributed by atoms with Crippen molar-refractivity contribution in [3.05, 3.63) is 11.4 Å². The molecule has 0 aromatic carbocycles. The summed E-state index contributed by atoms with van der Waals surface area (Å²) in [6.45, 7) is 3.46. The van der Waals surface area contributed by atoms with Gasteiger partial charge in [-0.05, 0) is 18.5 Å². The molecule has 0 atom stereocenters. The van der Waals surface area contributed by atoms with Gasteiger partial charge in [-0.15, -0.1) is 11.3 Å². The van der Waals surface area contributed by atoms with Gasteiger partial charge >= 0.3 is 0 Å². The highest BCUT2D eigenvalue weighted by Crippen LogP contribution is 2.26. The Bertz CT molecular complexity index is 545. The first-order valence-electron chi connectivity index (χ1n) is 6.59. The second-order valence-electron chi connectivity index (χ2n) is 4.51. The number of thiophene rings is 1. The van der Waals surface area contributed by atoms with Gasteiger partial charge in [-0.3, -0.25) is 0 Å². The second-order valence-corrected chi connectivity index (χ2v) is 5.40. The Labute approximate surface area is 123 Å². The third-order valence-corrected chi connectivity index (χ3v) is 3.82. The Morgan fingerprint density at radius 3 is 2.95 bits per heavy atom. The van der Waals surface area contributed by atoms with E-state index in [0.717, 1.165) is 42.3 Å². The number of nitrogens with zero attached hydrogens (tertiary/aromatic N) is 3. The lowest BCUT2D eigenvalue weighted by Crippen LogP contribution is -2.28. The number of rotatable bonds is 8. The summed E-state index contributed by atoms with van der Waals surface area (Å²) in [7, 11) is 5.64. The molecule has 2 aromatic heterocycles. The fourth-order valence-corrected chi connectivity index (χ4v) is 2.59. The molecule has 0 radical (unpaired) electrons. The highest BCUT2D eigenvalue weighted by atomic mass is 32.1. The minimum atomic E-state index is 0.648. The zero-order valence-corrected chi connectivity index (χ0v) is 13.0. The van der Waals surface area contributed by atoms with Crippen LogP contribution >= 0.6 is 11.3 Å². The van der Waals surface area contributed by atoms with E-state index in [9.17, 15) is 0 Å². The van der Waals surface area contributed by atoms with Crippen LogP contribution in [0.3, 0.4) is 0 Å². The van der Waals surface area contributed by atoms with Crippen molar-refractivity contribution in [3.8, 4) is 0 Å². The molecule has 2 heterocycles. The first kappa shape index (κ1) is 15.0. The number of aromatic nitrogens is 2. The quantitative estimate of drug-likeness (QED) is 0.773. The standard InChI is InChI=1S/C13H21N5OS/c1-14-13-16-11(10-4-9-20-12(10)17-13)15-5-6-18(2)7-8-19-3/h4,9H,5-8H2,1-3H3,(H2,14,15,16,17). The number of hydrogen-bond acceptors (Lipinski definition) is 7. The minimum Gasteiger partial charge on any atom is -0.383 e. The minimum absolute atomic E-state index is 0.648. The van der Waals surface area contributed by atoms with Crippen LogP contribution in [0.5, 0.6) is 0 Å². The average molecular weight is 295 g/mol. The molecule has 0 saturated heterocycles. The van der Waals surface area contributed by atoms with Crippen LogP contribution < -0.4 is 10.6 Å². The molecule has 0 aliphatic carbocycles. The summed E-state index contributed by atoms with van der Waals surface area (Å²) in [5.41, 5.74) is 0. The summed E-state index contributed by atoms with van der Waals surface area (Å²) in [4.78, 5) is 12.1. The van der Waals surface area contributed by atoms with E-state index >= 15 is 0 Å². The first-order valence-corrected chi connectivity index (χ1v) is 7.47. The topological polar surface area (TPSA) is 62.3 Å². The fourth-order valence-electron chi connectivity index (χ4n) is 1.83. The molecule has 20 heavy (non-hydrogen) atoms. The van der Waals surface area contributed by atoms with Gasteiger partial charge in [0.1, 0.15) is 10.6 Å². The Hall–Kier alpha value is -1.44. The van der Waals surface area contributed by atoms with E-state index in [-0.39, 0.29) is 0 Å². The van der Waals surface area contributed by atoms with Crippen molar-refractivity contribution in [2.45, 2.75) is 0 Å². The molecular formula is C13H21N5OS. The number of methoxy groups -OCH3 is 1. The molecule has 2 aromatic rings. The molecule has 110 valence electrons. The van der Waals surface area contributed by atoms with Crippen LogP contribution in [-0.2, 0) is 4.74 Å². The Kier molecular flexibility index (Phi) is 5.51. The van der Waals surface area contributed by atoms with E-state index in [1.165, 1.54) is 0 Å². The first-order chi connectivity index (χ1) is 9.74. The maximum atomic E-state index is 5.07. The van der Waals surface area contributed by atoms with Crippen LogP contribution in [0.2, 0.25) is 0 Å². The van der Waals surface area contributed by atoms with E-state index in [4.69, 9.17) is 4.74 Å². The van der Waals surface area contributed by atoms with Crippen LogP contribution in [0.1, 0.15) is 0 Å². The molecule has 0 amide bonds. The summed E-state index contributed by atoms with van der Waals surface area (Å²) in [6.07, 6.45) is 0. The molecule has 0 saturated carbocycles. The molecule has 0 unspecified atom stereocenters. The number of fused-ring (bicyclic) bond motifs is 1. The van der Waals surface area contributed by atoms with E-state index in [1.54, 1.807) is 18.4 Å². The lowest BCUT2D eigenvalue weighted by atomic mass is 10.3. The third-order valence-electron chi connectivity index (χ3n) is 3.01. The van der Waals surface area contributed by atoms with Crippen molar-refractivity contribution in [1.29, 1.82) is 0 Å². The van der Waals surface area contributed by atoms with E-state index in [1.807, 2.05) is 12.4 Å². The number of nitrogens with one attached hydrogen (secondary N) is 2. The largest absolute Gasteiger partial charge is 0.383 e. The highest BCUT2D eigenvalue weighted by Gasteiger charge is 2.08. The maximum absolute atomic E-state index is 5.07. The van der Waals surface area contributed by atoms with Crippen molar-refractivity contribution in [2.75, 3.05) is 58.1 Å². The van der Waals surface area contributed by atoms with Gasteiger partial charge in [0, 0.05) is 33.8 Å². The molecule has 0 aliphatic heterocycles. The lowest BCUT2D eigenvalue weighted by molar-refractivity contribution is 0.163. The predicted octanol–water partition coefficient (Wildman–Crippen LogP) is 1.72. The van der Waals surface area contributed by atoms with Crippen LogP contribution in [0.4, 0.5) is 11.8 Å². The second kappa shape index (κ2) is 7.37. The number of likely N-dealkylation sites (N-methyl/N-ethyl adjacent to an activating group) is 1. The van der Waals surface area contributed by atoms with Gasteiger partial charge in [-0.25, -0.2) is 4.98 Å². The van der Waals surface area contributed by atoms with Crippen molar-refractivity contribution in [2.24, 2.45) is 0 Å². The zero-order chi connectivity index (χ0) is 14.4. The number of anilines is 2. The number of hydrogen-bond donors (Lipinski definition) is 2. The van der Waals surface area contributed by atoms with Crippen LogP contribution in [-0.4, -0.2) is 62.3 Å². The molecule has 0 bridgehead atoms. The van der Waals surface area contributed by atoms with Gasteiger partial charge in [0.05, 0.1) is 12.0 Å². The lowest BCUT2D eigenvalue weighted by Gasteiger charge is -2.16. The van der Waals surface area contributed by atoms with Gasteiger partial charge < -0.3 is 20.3 Å². The number of ether oxygens (including phenoxy) is 1. The van der Waals surface area contributed by atoms with Gasteiger partial charge in [0.15, 0.2) is 0 Å². The summed E-state index contributed by atoms with van der Waals surface area (Å²) < 4.78 is 5.07. The zero-order valence-electron chi connectivity index (χ0n) is 12.1. The average Bonchev–Trinajstić information content (AvgIpc) is 2.93. The van der Waals surface area contributed by atoms with Crippen molar-refractivity contribution in [1.82, 2.24) is 14.9 Å². The summed E-state index contributed by atoms with van der Waals surface area (Å²) in [5.74, 6) is 1.54. The molecule has 0 spiro atoms. The summed E-state index contributed by atoms with van der Waals surface area (Å²) >= 11 is 1.62. The highest BCUT2D eigenvalue weighted by molar-refractivity contribution is 7.16.